The van der Waals surface area contributed by atoms with Crippen LogP contribution in [0, 0.1) is 0 Å². The lowest BCUT2D eigenvalue weighted by molar-refractivity contribution is -0.140. The van der Waals surface area contributed by atoms with Gasteiger partial charge in [0.15, 0.2) is 4.87 Å². The predicted octanol–water partition coefficient (Wildman–Crippen LogP) is 1.15. The third kappa shape index (κ3) is 1.40. The third-order valence-electron chi connectivity index (χ3n) is 1.43. The van der Waals surface area contributed by atoms with Crippen LogP contribution in [0.25, 0.3) is 0 Å². The summed E-state index contributed by atoms with van der Waals surface area (Å²) in [4.78, 5) is 9.84. The van der Waals surface area contributed by atoms with Crippen LogP contribution in [0.1, 0.15) is 6.42 Å². The van der Waals surface area contributed by atoms with E-state index in [4.69, 9.17) is 5.11 Å². The van der Waals surface area contributed by atoms with Gasteiger partial charge in [0.1, 0.15) is 0 Å². The van der Waals surface area contributed by atoms with Crippen LogP contribution in [0.3, 0.4) is 0 Å². The van der Waals surface area contributed by atoms with Crippen LogP contribution in [-0.4, -0.2) is 15.9 Å². The van der Waals surface area contributed by atoms with E-state index in [0.717, 1.165) is 0 Å². The van der Waals surface area contributed by atoms with Gasteiger partial charge in [-0.15, -0.1) is 6.58 Å². The van der Waals surface area contributed by atoms with E-state index >= 15 is 0 Å². The lowest BCUT2D eigenvalue weighted by atomic mass is 10.2. The molecule has 0 bridgehead atoms. The molecule has 1 heterocycles. The number of carboxylic acids is 1. The summed E-state index contributed by atoms with van der Waals surface area (Å²) >= 11 is 1.26. The highest BCUT2D eigenvalue weighted by molar-refractivity contribution is 8.04. The molecular weight excluding hydrogens is 162 g/mol. The quantitative estimate of drug-likeness (QED) is 0.625. The highest BCUT2D eigenvalue weighted by atomic mass is 32.2. The van der Waals surface area contributed by atoms with E-state index in [1.54, 1.807) is 17.7 Å². The number of carbonyl (C=O) groups is 1. The second-order valence-electron chi connectivity index (χ2n) is 2.19. The van der Waals surface area contributed by atoms with Crippen molar-refractivity contribution in [1.82, 2.24) is 5.32 Å². The van der Waals surface area contributed by atoms with E-state index in [0.29, 0.717) is 6.42 Å². The Morgan fingerprint density at radius 2 is 2.64 bits per heavy atom. The standard InChI is InChI=1S/C7H9NO2S/c1-2-3-7(6(9)10)8-4-5-11-7/h2,4-5,8H,1,3H2,(H,9,10). The van der Waals surface area contributed by atoms with Crippen molar-refractivity contribution in [3.8, 4) is 0 Å². The van der Waals surface area contributed by atoms with E-state index in [2.05, 4.69) is 11.9 Å². The smallest absolute Gasteiger partial charge is 0.340 e. The second-order valence-corrected chi connectivity index (χ2v) is 3.39. The van der Waals surface area contributed by atoms with Gasteiger partial charge in [-0.25, -0.2) is 4.79 Å². The van der Waals surface area contributed by atoms with Crippen molar-refractivity contribution in [2.45, 2.75) is 11.3 Å². The van der Waals surface area contributed by atoms with E-state index in [1.807, 2.05) is 0 Å². The van der Waals surface area contributed by atoms with Crippen molar-refractivity contribution in [3.63, 3.8) is 0 Å². The molecule has 2 N–H and O–H groups in total. The Hall–Kier alpha value is -0.900. The average Bonchev–Trinajstić information content (AvgIpc) is 2.38. The van der Waals surface area contributed by atoms with Gasteiger partial charge in [0.2, 0.25) is 0 Å². The first-order chi connectivity index (χ1) is 5.21. The summed E-state index contributed by atoms with van der Waals surface area (Å²) in [5.74, 6) is -0.854. The van der Waals surface area contributed by atoms with Gasteiger partial charge < -0.3 is 10.4 Å². The van der Waals surface area contributed by atoms with E-state index in [1.165, 1.54) is 11.8 Å². The van der Waals surface area contributed by atoms with Crippen molar-refractivity contribution in [1.29, 1.82) is 0 Å². The fourth-order valence-corrected chi connectivity index (χ4v) is 1.68. The van der Waals surface area contributed by atoms with Gasteiger partial charge >= 0.3 is 5.97 Å². The third-order valence-corrected chi connectivity index (χ3v) is 2.56. The summed E-state index contributed by atoms with van der Waals surface area (Å²) in [6.07, 6.45) is 3.66. The number of aliphatic carboxylic acids is 1. The van der Waals surface area contributed by atoms with Crippen molar-refractivity contribution < 1.29 is 9.90 Å². The summed E-state index contributed by atoms with van der Waals surface area (Å²) in [6.45, 7) is 3.51. The fourth-order valence-electron chi connectivity index (χ4n) is 0.863. The zero-order valence-corrected chi connectivity index (χ0v) is 6.73. The predicted molar refractivity (Wildman–Crippen MR) is 45.0 cm³/mol. The van der Waals surface area contributed by atoms with Crippen molar-refractivity contribution in [2.24, 2.45) is 0 Å². The Kier molecular flexibility index (Phi) is 2.24. The monoisotopic (exact) mass is 171 g/mol. The molecule has 4 heteroatoms. The van der Waals surface area contributed by atoms with Crippen LogP contribution in [0.4, 0.5) is 0 Å². The summed E-state index contributed by atoms with van der Waals surface area (Å²) in [7, 11) is 0. The molecule has 1 unspecified atom stereocenters. The lowest BCUT2D eigenvalue weighted by Gasteiger charge is -2.21. The zero-order chi connectivity index (χ0) is 8.32. The Morgan fingerprint density at radius 3 is 3.00 bits per heavy atom. The number of hydrogen-bond donors (Lipinski definition) is 2. The van der Waals surface area contributed by atoms with Crippen LogP contribution < -0.4 is 5.32 Å². The van der Waals surface area contributed by atoms with Crippen molar-refractivity contribution in [2.75, 3.05) is 0 Å². The van der Waals surface area contributed by atoms with Crippen LogP contribution >= 0.6 is 11.8 Å². The molecule has 0 radical (unpaired) electrons. The Morgan fingerprint density at radius 1 is 1.91 bits per heavy atom. The number of hydrogen-bond acceptors (Lipinski definition) is 3. The maximum Gasteiger partial charge on any atom is 0.340 e. The Labute approximate surface area is 69.2 Å². The van der Waals surface area contributed by atoms with Crippen molar-refractivity contribution >= 4 is 17.7 Å². The molecule has 1 rings (SSSR count). The van der Waals surface area contributed by atoms with Gasteiger partial charge in [0.05, 0.1) is 0 Å². The SMILES string of the molecule is C=CCC1(C(=O)O)NC=CS1. The molecule has 0 spiro atoms. The summed E-state index contributed by atoms with van der Waals surface area (Å²) in [5.41, 5.74) is 0. The molecule has 0 aromatic carbocycles. The molecule has 1 aliphatic heterocycles. The second kappa shape index (κ2) is 3.00. The van der Waals surface area contributed by atoms with Crippen LogP contribution in [0.15, 0.2) is 24.3 Å². The maximum absolute atomic E-state index is 10.7. The number of carboxylic acid groups (broad SMARTS) is 1. The first-order valence-electron chi connectivity index (χ1n) is 3.16. The molecule has 1 atom stereocenters. The lowest BCUT2D eigenvalue weighted by Crippen LogP contribution is -2.43. The van der Waals surface area contributed by atoms with Gasteiger partial charge in [0, 0.05) is 12.6 Å². The van der Waals surface area contributed by atoms with Gasteiger partial charge in [-0.2, -0.15) is 0 Å². The minimum absolute atomic E-state index is 0.417. The number of nitrogens with one attached hydrogen (secondary N) is 1. The highest BCUT2D eigenvalue weighted by Crippen LogP contribution is 2.32. The molecule has 0 aromatic heterocycles. The zero-order valence-electron chi connectivity index (χ0n) is 5.91. The normalized spacial score (nSPS) is 28.0. The maximum atomic E-state index is 10.7. The molecule has 0 saturated heterocycles. The average molecular weight is 171 g/mol. The van der Waals surface area contributed by atoms with E-state index < -0.39 is 10.8 Å². The van der Waals surface area contributed by atoms with Crippen LogP contribution in [0.5, 0.6) is 0 Å². The van der Waals surface area contributed by atoms with E-state index in [-0.39, 0.29) is 0 Å². The van der Waals surface area contributed by atoms with Crippen molar-refractivity contribution in [3.05, 3.63) is 24.3 Å². The molecule has 3 nitrogen and oxygen atoms in total. The molecule has 1 aliphatic rings. The Bertz CT molecular complexity index is 204. The van der Waals surface area contributed by atoms with Gasteiger partial charge in [-0.3, -0.25) is 0 Å². The van der Waals surface area contributed by atoms with E-state index in [9.17, 15) is 4.79 Å². The van der Waals surface area contributed by atoms with Gasteiger partial charge in [0.25, 0.3) is 0 Å². The molecule has 60 valence electrons. The molecule has 0 aromatic rings. The molecule has 0 saturated carbocycles. The number of thioether (sulfide) groups is 1. The van der Waals surface area contributed by atoms with Gasteiger partial charge in [-0.1, -0.05) is 17.8 Å². The Balaban J connectivity index is 2.72. The first-order valence-corrected chi connectivity index (χ1v) is 4.04. The molecular formula is C7H9NO2S. The minimum atomic E-state index is -0.901. The van der Waals surface area contributed by atoms with Crippen LogP contribution in [0.2, 0.25) is 0 Å². The molecule has 0 fully saturated rings. The topological polar surface area (TPSA) is 49.3 Å². The molecule has 11 heavy (non-hydrogen) atoms. The number of rotatable bonds is 3. The summed E-state index contributed by atoms with van der Waals surface area (Å²) in [6, 6.07) is 0. The molecule has 0 amide bonds. The van der Waals surface area contributed by atoms with Crippen LogP contribution in [-0.2, 0) is 4.79 Å². The summed E-state index contributed by atoms with van der Waals surface area (Å²) in [5, 5.41) is 13.3. The largest absolute Gasteiger partial charge is 0.479 e. The fraction of sp³-hybridized carbons (Fsp3) is 0.286. The minimum Gasteiger partial charge on any atom is -0.479 e. The molecule has 0 aliphatic carbocycles. The highest BCUT2D eigenvalue weighted by Gasteiger charge is 2.38. The first kappa shape index (κ1) is 8.20. The van der Waals surface area contributed by atoms with Gasteiger partial charge in [-0.05, 0) is 5.41 Å². The summed E-state index contributed by atoms with van der Waals surface area (Å²) < 4.78 is 0.